The molecule has 0 saturated carbocycles. The van der Waals surface area contributed by atoms with Gasteiger partial charge in [-0.3, -0.25) is 0 Å². The zero-order valence-corrected chi connectivity index (χ0v) is 11.7. The van der Waals surface area contributed by atoms with Gasteiger partial charge in [-0.15, -0.1) is 0 Å². The quantitative estimate of drug-likeness (QED) is 0.910. The highest BCUT2D eigenvalue weighted by molar-refractivity contribution is 7.91. The van der Waals surface area contributed by atoms with Crippen LogP contribution in [0.15, 0.2) is 28.8 Å². The fraction of sp³-hybridized carbons (Fsp3) is 0.308. The van der Waals surface area contributed by atoms with Gasteiger partial charge in [0.2, 0.25) is 11.7 Å². The zero-order chi connectivity index (χ0) is 15.0. The Balaban J connectivity index is 1.83. The molecule has 1 aliphatic heterocycles. The van der Waals surface area contributed by atoms with Gasteiger partial charge in [-0.2, -0.15) is 4.98 Å². The number of sulfone groups is 1. The number of aromatic nitrogens is 2. The largest absolute Gasteiger partial charge is 0.478 e. The van der Waals surface area contributed by atoms with Gasteiger partial charge in [0.1, 0.15) is 0 Å². The molecular weight excluding hydrogens is 296 g/mol. The van der Waals surface area contributed by atoms with E-state index in [-0.39, 0.29) is 23.0 Å². The van der Waals surface area contributed by atoms with Gasteiger partial charge in [0, 0.05) is 5.56 Å². The van der Waals surface area contributed by atoms with Gasteiger partial charge in [0.15, 0.2) is 9.84 Å². The van der Waals surface area contributed by atoms with Gasteiger partial charge in [-0.1, -0.05) is 17.3 Å². The average Bonchev–Trinajstić information content (AvgIpc) is 3.05. The second-order valence-corrected chi connectivity index (χ2v) is 7.17. The van der Waals surface area contributed by atoms with Crippen LogP contribution in [0.3, 0.4) is 0 Å². The van der Waals surface area contributed by atoms with Crippen LogP contribution in [0.25, 0.3) is 11.4 Å². The number of benzene rings is 1. The van der Waals surface area contributed by atoms with E-state index in [2.05, 4.69) is 10.1 Å². The van der Waals surface area contributed by atoms with Crippen molar-refractivity contribution in [2.75, 3.05) is 11.5 Å². The summed E-state index contributed by atoms with van der Waals surface area (Å²) in [5, 5.41) is 12.7. The number of carboxylic acid groups (broad SMARTS) is 1. The third-order valence-corrected chi connectivity index (χ3v) is 5.18. The molecule has 1 fully saturated rings. The number of carboxylic acids is 1. The lowest BCUT2D eigenvalue weighted by atomic mass is 10.1. The summed E-state index contributed by atoms with van der Waals surface area (Å²) >= 11 is 0. The molecule has 0 spiro atoms. The molecule has 0 bridgehead atoms. The Morgan fingerprint density at radius 2 is 2.00 bits per heavy atom. The maximum atomic E-state index is 11.4. The third-order valence-electron chi connectivity index (χ3n) is 3.41. The summed E-state index contributed by atoms with van der Waals surface area (Å²) in [7, 11) is -3.01. The van der Waals surface area contributed by atoms with E-state index < -0.39 is 15.8 Å². The minimum Gasteiger partial charge on any atom is -0.478 e. The van der Waals surface area contributed by atoms with Crippen LogP contribution in [0, 0.1) is 0 Å². The molecule has 1 N–H and O–H groups in total. The molecule has 1 aliphatic rings. The summed E-state index contributed by atoms with van der Waals surface area (Å²) in [4.78, 5) is 15.0. The molecule has 1 unspecified atom stereocenters. The summed E-state index contributed by atoms with van der Waals surface area (Å²) in [6.45, 7) is 0. The lowest BCUT2D eigenvalue weighted by Crippen LogP contribution is -2.04. The van der Waals surface area contributed by atoms with Gasteiger partial charge in [-0.05, 0) is 18.6 Å². The van der Waals surface area contributed by atoms with E-state index in [1.165, 1.54) is 12.1 Å². The molecule has 8 heteroatoms. The van der Waals surface area contributed by atoms with Crippen molar-refractivity contribution >= 4 is 15.8 Å². The number of rotatable bonds is 3. The Labute approximate surface area is 120 Å². The molecule has 2 heterocycles. The van der Waals surface area contributed by atoms with E-state index in [4.69, 9.17) is 9.63 Å². The van der Waals surface area contributed by atoms with Crippen molar-refractivity contribution in [3.05, 3.63) is 35.7 Å². The molecule has 7 nitrogen and oxygen atoms in total. The molecule has 1 aromatic carbocycles. The van der Waals surface area contributed by atoms with Crippen LogP contribution in [-0.2, 0) is 9.84 Å². The van der Waals surface area contributed by atoms with Gasteiger partial charge in [0.25, 0.3) is 0 Å². The van der Waals surface area contributed by atoms with Gasteiger partial charge in [0.05, 0.1) is 23.0 Å². The van der Waals surface area contributed by atoms with Gasteiger partial charge >= 0.3 is 5.97 Å². The molecule has 21 heavy (non-hydrogen) atoms. The molecule has 0 radical (unpaired) electrons. The van der Waals surface area contributed by atoms with Crippen LogP contribution in [-0.4, -0.2) is 41.1 Å². The first-order valence-electron chi connectivity index (χ1n) is 6.32. The minimum absolute atomic E-state index is 0.0343. The summed E-state index contributed by atoms with van der Waals surface area (Å²) in [5.41, 5.74) is 0.792. The first-order valence-corrected chi connectivity index (χ1v) is 8.14. The lowest BCUT2D eigenvalue weighted by molar-refractivity contribution is 0.0697. The van der Waals surface area contributed by atoms with Crippen molar-refractivity contribution in [3.63, 3.8) is 0 Å². The van der Waals surface area contributed by atoms with Crippen molar-refractivity contribution in [3.8, 4) is 11.4 Å². The number of nitrogens with zero attached hydrogens (tertiary/aromatic N) is 2. The maximum Gasteiger partial charge on any atom is 0.335 e. The Morgan fingerprint density at radius 1 is 1.29 bits per heavy atom. The van der Waals surface area contributed by atoms with E-state index in [0.717, 1.165) is 0 Å². The van der Waals surface area contributed by atoms with Crippen LogP contribution in [0.4, 0.5) is 0 Å². The molecule has 110 valence electrons. The molecule has 1 atom stereocenters. The number of hydrogen-bond donors (Lipinski definition) is 1. The van der Waals surface area contributed by atoms with Crippen LogP contribution in [0.2, 0.25) is 0 Å². The van der Waals surface area contributed by atoms with Crippen molar-refractivity contribution in [2.45, 2.75) is 12.3 Å². The van der Waals surface area contributed by atoms with Crippen molar-refractivity contribution in [1.82, 2.24) is 10.1 Å². The van der Waals surface area contributed by atoms with Crippen LogP contribution >= 0.6 is 0 Å². The zero-order valence-electron chi connectivity index (χ0n) is 10.9. The first kappa shape index (κ1) is 13.7. The topological polar surface area (TPSA) is 110 Å². The molecule has 3 rings (SSSR count). The molecular formula is C13H12N2O5S. The van der Waals surface area contributed by atoms with Crippen molar-refractivity contribution < 1.29 is 22.8 Å². The molecule has 1 saturated heterocycles. The first-order chi connectivity index (χ1) is 9.94. The predicted octanol–water partition coefficient (Wildman–Crippen LogP) is 1.34. The minimum atomic E-state index is -3.01. The monoisotopic (exact) mass is 308 g/mol. The predicted molar refractivity (Wildman–Crippen MR) is 72.7 cm³/mol. The standard InChI is InChI=1S/C13H12N2O5S/c16-13(17)9-3-1-8(2-4-9)11-14-12(20-15-11)10-5-6-21(18,19)7-10/h1-4,10H,5-7H2,(H,16,17). The number of aromatic carboxylic acids is 1. The van der Waals surface area contributed by atoms with E-state index in [1.54, 1.807) is 12.1 Å². The second kappa shape index (κ2) is 4.96. The van der Waals surface area contributed by atoms with Crippen LogP contribution in [0.5, 0.6) is 0 Å². The van der Waals surface area contributed by atoms with Gasteiger partial charge in [-0.25, -0.2) is 13.2 Å². The fourth-order valence-electron chi connectivity index (χ4n) is 2.27. The lowest BCUT2D eigenvalue weighted by Gasteiger charge is -1.98. The van der Waals surface area contributed by atoms with Crippen molar-refractivity contribution in [2.24, 2.45) is 0 Å². The average molecular weight is 308 g/mol. The van der Waals surface area contributed by atoms with Crippen molar-refractivity contribution in [1.29, 1.82) is 0 Å². The smallest absolute Gasteiger partial charge is 0.335 e. The molecule has 0 amide bonds. The Kier molecular flexibility index (Phi) is 3.25. The Morgan fingerprint density at radius 3 is 2.57 bits per heavy atom. The number of hydrogen-bond acceptors (Lipinski definition) is 6. The Hall–Kier alpha value is -2.22. The summed E-state index contributed by atoms with van der Waals surface area (Å²) in [6, 6.07) is 6.08. The third kappa shape index (κ3) is 2.80. The Bertz CT molecular complexity index is 779. The van der Waals surface area contributed by atoms with E-state index in [1.807, 2.05) is 0 Å². The van der Waals surface area contributed by atoms with Crippen LogP contribution < -0.4 is 0 Å². The molecule has 1 aromatic heterocycles. The van der Waals surface area contributed by atoms with Crippen LogP contribution in [0.1, 0.15) is 28.6 Å². The van der Waals surface area contributed by atoms with E-state index in [0.29, 0.717) is 23.7 Å². The highest BCUT2D eigenvalue weighted by Crippen LogP contribution is 2.29. The second-order valence-electron chi connectivity index (χ2n) is 4.94. The highest BCUT2D eigenvalue weighted by atomic mass is 32.2. The SMILES string of the molecule is O=C(O)c1ccc(-c2noc(C3CCS(=O)(=O)C3)n2)cc1. The maximum absolute atomic E-state index is 11.4. The van der Waals surface area contributed by atoms with Gasteiger partial charge < -0.3 is 9.63 Å². The van der Waals surface area contributed by atoms with E-state index >= 15 is 0 Å². The molecule has 2 aromatic rings. The highest BCUT2D eigenvalue weighted by Gasteiger charge is 2.33. The number of carbonyl (C=O) groups is 1. The summed E-state index contributed by atoms with van der Waals surface area (Å²) in [6.07, 6.45) is 0.488. The normalized spacial score (nSPS) is 20.5. The fourth-order valence-corrected chi connectivity index (χ4v) is 4.00. The summed E-state index contributed by atoms with van der Waals surface area (Å²) in [5.74, 6) is -0.449. The molecule has 0 aliphatic carbocycles. The summed E-state index contributed by atoms with van der Waals surface area (Å²) < 4.78 is 28.0. The van der Waals surface area contributed by atoms with E-state index in [9.17, 15) is 13.2 Å².